The highest BCUT2D eigenvalue weighted by Crippen LogP contribution is 2.46. The maximum Gasteiger partial charge on any atom is 0.0623 e. The summed E-state index contributed by atoms with van der Waals surface area (Å²) >= 11 is 0. The van der Waals surface area contributed by atoms with Gasteiger partial charge in [-0.2, -0.15) is 0 Å². The van der Waals surface area contributed by atoms with Gasteiger partial charge >= 0.3 is 0 Å². The minimum Gasteiger partial charge on any atom is -0.390 e. The van der Waals surface area contributed by atoms with Gasteiger partial charge < -0.3 is 10.2 Å². The van der Waals surface area contributed by atoms with Gasteiger partial charge in [0.05, 0.1) is 11.2 Å². The molecule has 0 unspecified atom stereocenters. The van der Waals surface area contributed by atoms with Crippen molar-refractivity contribution in [1.82, 2.24) is 0 Å². The van der Waals surface area contributed by atoms with E-state index in [9.17, 15) is 10.2 Å². The maximum atomic E-state index is 9.76. The average Bonchev–Trinajstić information content (AvgIpc) is 1.46. The predicted octanol–water partition coefficient (Wildman–Crippen LogP) is 1.55. The lowest BCUT2D eigenvalue weighted by Crippen LogP contribution is -2.51. The Kier molecular flexibility index (Phi) is 2.26. The van der Waals surface area contributed by atoms with E-state index in [4.69, 9.17) is 0 Å². The predicted molar refractivity (Wildman–Crippen MR) is 48.8 cm³/mol. The fraction of sp³-hybridized carbons (Fsp3) is 1.00. The van der Waals surface area contributed by atoms with Gasteiger partial charge in [-0.05, 0) is 52.4 Å². The van der Waals surface area contributed by atoms with Gasteiger partial charge in [-0.1, -0.05) is 0 Å². The largest absolute Gasteiger partial charge is 0.390 e. The second-order valence-corrected chi connectivity index (χ2v) is 5.10. The van der Waals surface area contributed by atoms with Crippen molar-refractivity contribution < 1.29 is 10.2 Å². The Balaban J connectivity index is 2.62. The average molecular weight is 172 g/mol. The molecule has 0 amide bonds. The van der Waals surface area contributed by atoms with Gasteiger partial charge in [-0.25, -0.2) is 0 Å². The van der Waals surface area contributed by atoms with Crippen LogP contribution in [0.4, 0.5) is 0 Å². The van der Waals surface area contributed by atoms with E-state index in [0.717, 1.165) is 12.8 Å². The normalized spacial score (nSPS) is 31.5. The maximum absolute atomic E-state index is 9.76. The van der Waals surface area contributed by atoms with Crippen molar-refractivity contribution >= 4 is 0 Å². The molecule has 0 aromatic rings. The Hall–Kier alpha value is -0.0800. The molecule has 1 aliphatic rings. The van der Waals surface area contributed by atoms with Crippen molar-refractivity contribution in [2.45, 2.75) is 51.7 Å². The highest BCUT2D eigenvalue weighted by Gasteiger charge is 2.47. The molecule has 0 aromatic carbocycles. The van der Waals surface area contributed by atoms with Gasteiger partial charge in [-0.3, -0.25) is 0 Å². The summed E-state index contributed by atoms with van der Waals surface area (Å²) in [4.78, 5) is 0. The minimum absolute atomic E-state index is 0.262. The zero-order valence-electron chi connectivity index (χ0n) is 8.46. The second kappa shape index (κ2) is 2.71. The molecule has 0 saturated heterocycles. The molecule has 1 saturated carbocycles. The Morgan fingerprint density at radius 2 is 1.08 bits per heavy atom. The smallest absolute Gasteiger partial charge is 0.0623 e. The third-order valence-electron chi connectivity index (χ3n) is 3.09. The van der Waals surface area contributed by atoms with E-state index in [1.807, 2.05) is 27.7 Å². The van der Waals surface area contributed by atoms with Crippen molar-refractivity contribution in [2.75, 3.05) is 0 Å². The van der Waals surface area contributed by atoms with E-state index in [2.05, 4.69) is 0 Å². The van der Waals surface area contributed by atoms with Crippen molar-refractivity contribution in [3.8, 4) is 0 Å². The molecule has 2 heteroatoms. The Morgan fingerprint density at radius 1 is 0.833 bits per heavy atom. The molecule has 1 rings (SSSR count). The van der Waals surface area contributed by atoms with Crippen LogP contribution in [0.3, 0.4) is 0 Å². The van der Waals surface area contributed by atoms with Crippen LogP contribution in [0.25, 0.3) is 0 Å². The van der Waals surface area contributed by atoms with Crippen LogP contribution < -0.4 is 0 Å². The zero-order valence-corrected chi connectivity index (χ0v) is 8.46. The van der Waals surface area contributed by atoms with E-state index in [-0.39, 0.29) is 11.8 Å². The summed E-state index contributed by atoms with van der Waals surface area (Å²) in [5.41, 5.74) is -1.27. The second-order valence-electron chi connectivity index (χ2n) is 5.10. The summed E-state index contributed by atoms with van der Waals surface area (Å²) in [6.07, 6.45) is 2.08. The molecule has 0 aromatic heterocycles. The van der Waals surface area contributed by atoms with Gasteiger partial charge in [0.1, 0.15) is 0 Å². The first-order chi connectivity index (χ1) is 5.23. The molecule has 0 spiro atoms. The first-order valence-electron chi connectivity index (χ1n) is 4.67. The minimum atomic E-state index is -0.636. The van der Waals surface area contributed by atoms with Crippen molar-refractivity contribution in [2.24, 2.45) is 11.8 Å². The van der Waals surface area contributed by atoms with Gasteiger partial charge in [0.15, 0.2) is 0 Å². The summed E-state index contributed by atoms with van der Waals surface area (Å²) in [5, 5.41) is 19.5. The van der Waals surface area contributed by atoms with Crippen LogP contribution in [0.2, 0.25) is 0 Å². The van der Waals surface area contributed by atoms with Crippen LogP contribution in [-0.4, -0.2) is 21.4 Å². The Morgan fingerprint density at radius 3 is 1.17 bits per heavy atom. The van der Waals surface area contributed by atoms with E-state index in [1.54, 1.807) is 0 Å². The lowest BCUT2D eigenvalue weighted by atomic mass is 9.60. The first-order valence-corrected chi connectivity index (χ1v) is 4.67. The lowest BCUT2D eigenvalue weighted by molar-refractivity contribution is -0.129. The molecule has 0 radical (unpaired) electrons. The van der Waals surface area contributed by atoms with E-state index < -0.39 is 11.2 Å². The fourth-order valence-corrected chi connectivity index (χ4v) is 2.19. The standard InChI is InChI=1S/C10H20O2/c1-9(2,11)7-5-6-8(7)10(3,4)12/h7-8,11-12H,5-6H2,1-4H3/t7-,8-/m1/s1. The van der Waals surface area contributed by atoms with Crippen molar-refractivity contribution in [1.29, 1.82) is 0 Å². The molecule has 0 heterocycles. The Bertz CT molecular complexity index is 142. The van der Waals surface area contributed by atoms with E-state index >= 15 is 0 Å². The van der Waals surface area contributed by atoms with E-state index in [1.165, 1.54) is 0 Å². The first kappa shape index (κ1) is 10.0. The molecule has 0 bridgehead atoms. The molecule has 12 heavy (non-hydrogen) atoms. The fourth-order valence-electron chi connectivity index (χ4n) is 2.19. The van der Waals surface area contributed by atoms with Crippen molar-refractivity contribution in [3.05, 3.63) is 0 Å². The molecule has 1 fully saturated rings. The summed E-state index contributed by atoms with van der Waals surface area (Å²) in [7, 11) is 0. The van der Waals surface area contributed by atoms with Crippen LogP contribution in [0, 0.1) is 11.8 Å². The summed E-state index contributed by atoms with van der Waals surface area (Å²) in [5.74, 6) is 0.523. The van der Waals surface area contributed by atoms with Gasteiger partial charge in [0, 0.05) is 0 Å². The highest BCUT2D eigenvalue weighted by atomic mass is 16.3. The number of hydrogen-bond acceptors (Lipinski definition) is 2. The van der Waals surface area contributed by atoms with E-state index in [0.29, 0.717) is 0 Å². The van der Waals surface area contributed by atoms with Crippen LogP contribution in [0.5, 0.6) is 0 Å². The Labute approximate surface area is 74.6 Å². The van der Waals surface area contributed by atoms with Crippen LogP contribution in [-0.2, 0) is 0 Å². The summed E-state index contributed by atoms with van der Waals surface area (Å²) in [6.45, 7) is 7.32. The third-order valence-corrected chi connectivity index (χ3v) is 3.09. The third kappa shape index (κ3) is 1.80. The molecule has 2 atom stereocenters. The lowest BCUT2D eigenvalue weighted by Gasteiger charge is -2.49. The van der Waals surface area contributed by atoms with Gasteiger partial charge in [0.2, 0.25) is 0 Å². The molecular weight excluding hydrogens is 152 g/mol. The SMILES string of the molecule is CC(C)(O)[C@@H]1CC[C@H]1C(C)(C)O. The van der Waals surface area contributed by atoms with Crippen LogP contribution in [0.1, 0.15) is 40.5 Å². The van der Waals surface area contributed by atoms with Gasteiger partial charge in [-0.15, -0.1) is 0 Å². The van der Waals surface area contributed by atoms with Crippen LogP contribution >= 0.6 is 0 Å². The molecule has 2 nitrogen and oxygen atoms in total. The van der Waals surface area contributed by atoms with Gasteiger partial charge in [0.25, 0.3) is 0 Å². The molecule has 72 valence electrons. The number of rotatable bonds is 2. The number of hydrogen-bond donors (Lipinski definition) is 2. The molecule has 0 aliphatic heterocycles. The highest BCUT2D eigenvalue weighted by molar-refractivity contribution is 4.97. The van der Waals surface area contributed by atoms with Crippen LogP contribution in [0.15, 0.2) is 0 Å². The summed E-state index contributed by atoms with van der Waals surface area (Å²) in [6, 6.07) is 0. The summed E-state index contributed by atoms with van der Waals surface area (Å²) < 4.78 is 0. The molecular formula is C10H20O2. The molecule has 1 aliphatic carbocycles. The zero-order chi connectivity index (χ0) is 9.57. The van der Waals surface area contributed by atoms with Crippen molar-refractivity contribution in [3.63, 3.8) is 0 Å². The quantitative estimate of drug-likeness (QED) is 0.663. The monoisotopic (exact) mass is 172 g/mol. The number of aliphatic hydroxyl groups is 2. The topological polar surface area (TPSA) is 40.5 Å². The molecule has 2 N–H and O–H groups in total.